The molecule has 2 aromatic carbocycles. The number of aromatic nitrogens is 2. The molecule has 4 rings (SSSR count). The van der Waals surface area contributed by atoms with E-state index in [1.54, 1.807) is 17.5 Å². The van der Waals surface area contributed by atoms with Gasteiger partial charge in [-0.15, -0.1) is 11.3 Å². The summed E-state index contributed by atoms with van der Waals surface area (Å²) in [6.07, 6.45) is 0.856. The minimum Gasteiger partial charge on any atom is -0.494 e. The molecule has 0 radical (unpaired) electrons. The fourth-order valence-electron chi connectivity index (χ4n) is 3.16. The second-order valence-corrected chi connectivity index (χ2v) is 8.85. The van der Waals surface area contributed by atoms with Gasteiger partial charge in [0.15, 0.2) is 5.13 Å². The van der Waals surface area contributed by atoms with Gasteiger partial charge in [0.05, 0.1) is 27.5 Å². The number of amides is 1. The molecule has 6 nitrogen and oxygen atoms in total. The van der Waals surface area contributed by atoms with Gasteiger partial charge in [0.1, 0.15) is 11.3 Å². The number of methoxy groups -OCH3 is 1. The number of thiazole rings is 2. The Balaban J connectivity index is 1.71. The first-order valence-electron chi connectivity index (χ1n) is 9.30. The lowest BCUT2D eigenvalue weighted by Gasteiger charge is -2.21. The number of ether oxygens (including phenoxy) is 1. The van der Waals surface area contributed by atoms with Crippen molar-refractivity contribution in [3.8, 4) is 5.75 Å². The topological polar surface area (TPSA) is 58.6 Å². The molecule has 0 N–H and O–H groups in total. The molecule has 0 bridgehead atoms. The molecule has 0 aliphatic carbocycles. The summed E-state index contributed by atoms with van der Waals surface area (Å²) in [4.78, 5) is 26.4. The number of para-hydroxylation sites is 1. The highest BCUT2D eigenvalue weighted by atomic mass is 32.1. The average molecular weight is 427 g/mol. The maximum Gasteiger partial charge on any atom is 0.260 e. The van der Waals surface area contributed by atoms with E-state index in [-0.39, 0.29) is 5.91 Å². The van der Waals surface area contributed by atoms with Crippen LogP contribution in [-0.4, -0.2) is 55.1 Å². The van der Waals surface area contributed by atoms with E-state index >= 15 is 0 Å². The fraction of sp³-hybridized carbons (Fsp3) is 0.286. The van der Waals surface area contributed by atoms with E-state index in [2.05, 4.69) is 9.88 Å². The Hall–Kier alpha value is -2.55. The van der Waals surface area contributed by atoms with Gasteiger partial charge < -0.3 is 9.64 Å². The van der Waals surface area contributed by atoms with Gasteiger partial charge >= 0.3 is 0 Å². The SMILES string of the molecule is COc1cccc2sc(N(CCCN(C)C)C(=O)c3ccc4ncsc4c3)nc12. The standard InChI is InChI=1S/C21H22N4O2S2/c1-24(2)10-5-11-25(20(26)14-8-9-15-18(12-14)28-13-22-15)21-23-19-16(27-3)6-4-7-17(19)29-21/h4,6-9,12-13H,5,10-11H2,1-3H3. The van der Waals surface area contributed by atoms with Crippen molar-refractivity contribution in [2.75, 3.05) is 39.2 Å². The molecule has 1 amide bonds. The van der Waals surface area contributed by atoms with E-state index in [0.717, 1.165) is 39.1 Å². The van der Waals surface area contributed by atoms with Crippen LogP contribution in [0.25, 0.3) is 20.4 Å². The van der Waals surface area contributed by atoms with Crippen LogP contribution in [0, 0.1) is 0 Å². The Kier molecular flexibility index (Phi) is 5.75. The number of carbonyl (C=O) groups excluding carboxylic acids is 1. The van der Waals surface area contributed by atoms with Crippen LogP contribution in [0.5, 0.6) is 5.75 Å². The van der Waals surface area contributed by atoms with E-state index < -0.39 is 0 Å². The lowest BCUT2D eigenvalue weighted by molar-refractivity contribution is 0.0986. The van der Waals surface area contributed by atoms with Crippen molar-refractivity contribution in [1.29, 1.82) is 0 Å². The van der Waals surface area contributed by atoms with Gasteiger partial charge in [-0.25, -0.2) is 9.97 Å². The van der Waals surface area contributed by atoms with E-state index in [1.165, 1.54) is 22.7 Å². The number of fused-ring (bicyclic) bond motifs is 2. The Bertz CT molecular complexity index is 1150. The molecule has 0 spiro atoms. The maximum absolute atomic E-state index is 13.4. The van der Waals surface area contributed by atoms with Crippen molar-refractivity contribution < 1.29 is 9.53 Å². The molecule has 2 heterocycles. The lowest BCUT2D eigenvalue weighted by Crippen LogP contribution is -2.33. The second-order valence-electron chi connectivity index (χ2n) is 6.95. The molecule has 0 aliphatic heterocycles. The molecule has 0 unspecified atom stereocenters. The summed E-state index contributed by atoms with van der Waals surface area (Å²) in [5, 5.41) is 0.692. The second kappa shape index (κ2) is 8.44. The van der Waals surface area contributed by atoms with Crippen LogP contribution >= 0.6 is 22.7 Å². The number of rotatable bonds is 7. The first-order chi connectivity index (χ1) is 14.1. The molecular weight excluding hydrogens is 404 g/mol. The molecule has 8 heteroatoms. The van der Waals surface area contributed by atoms with Crippen LogP contribution in [0.3, 0.4) is 0 Å². The third kappa shape index (κ3) is 4.10. The van der Waals surface area contributed by atoms with Crippen molar-refractivity contribution >= 4 is 54.1 Å². The number of hydrogen-bond donors (Lipinski definition) is 0. The predicted molar refractivity (Wildman–Crippen MR) is 121 cm³/mol. The molecule has 0 saturated carbocycles. The van der Waals surface area contributed by atoms with Gasteiger partial charge in [0.2, 0.25) is 0 Å². The summed E-state index contributed by atoms with van der Waals surface area (Å²) in [5.74, 6) is 0.675. The normalized spacial score (nSPS) is 11.4. The average Bonchev–Trinajstić information content (AvgIpc) is 3.36. The van der Waals surface area contributed by atoms with Gasteiger partial charge in [-0.05, 0) is 57.4 Å². The van der Waals surface area contributed by atoms with E-state index in [4.69, 9.17) is 9.72 Å². The molecular formula is C21H22N4O2S2. The first kappa shape index (κ1) is 19.8. The predicted octanol–water partition coefficient (Wildman–Crippen LogP) is 4.51. The molecule has 4 aromatic rings. The van der Waals surface area contributed by atoms with Crippen LogP contribution < -0.4 is 9.64 Å². The van der Waals surface area contributed by atoms with Crippen LogP contribution in [0.2, 0.25) is 0 Å². The monoisotopic (exact) mass is 426 g/mol. The molecule has 0 aliphatic rings. The highest BCUT2D eigenvalue weighted by molar-refractivity contribution is 7.22. The zero-order valence-corrected chi connectivity index (χ0v) is 18.2. The number of carbonyl (C=O) groups is 1. The summed E-state index contributed by atoms with van der Waals surface area (Å²) < 4.78 is 7.46. The minimum absolute atomic E-state index is 0.0444. The first-order valence-corrected chi connectivity index (χ1v) is 11.0. The Labute approximate surface area is 177 Å². The Morgan fingerprint density at radius 2 is 2.00 bits per heavy atom. The number of hydrogen-bond acceptors (Lipinski definition) is 7. The van der Waals surface area contributed by atoms with Crippen LogP contribution in [0.15, 0.2) is 41.9 Å². The quantitative estimate of drug-likeness (QED) is 0.435. The Morgan fingerprint density at radius 3 is 2.79 bits per heavy atom. The molecule has 2 aromatic heterocycles. The highest BCUT2D eigenvalue weighted by Crippen LogP contribution is 2.35. The summed E-state index contributed by atoms with van der Waals surface area (Å²) in [7, 11) is 5.71. The van der Waals surface area contributed by atoms with Crippen molar-refractivity contribution in [3.05, 3.63) is 47.5 Å². The fourth-order valence-corrected chi connectivity index (χ4v) is 4.89. The molecule has 0 fully saturated rings. The zero-order chi connectivity index (χ0) is 20.4. The van der Waals surface area contributed by atoms with E-state index in [0.29, 0.717) is 17.2 Å². The smallest absolute Gasteiger partial charge is 0.260 e. The van der Waals surface area contributed by atoms with Gasteiger partial charge in [0, 0.05) is 12.1 Å². The summed E-state index contributed by atoms with van der Waals surface area (Å²) in [6, 6.07) is 11.5. The van der Waals surface area contributed by atoms with Gasteiger partial charge in [-0.2, -0.15) is 0 Å². The van der Waals surface area contributed by atoms with Gasteiger partial charge in [-0.3, -0.25) is 9.69 Å². The maximum atomic E-state index is 13.4. The third-order valence-electron chi connectivity index (χ3n) is 4.63. The van der Waals surface area contributed by atoms with Crippen LogP contribution in [0.1, 0.15) is 16.8 Å². The molecule has 0 atom stereocenters. The molecule has 29 heavy (non-hydrogen) atoms. The number of nitrogens with zero attached hydrogens (tertiary/aromatic N) is 4. The van der Waals surface area contributed by atoms with E-state index in [1.807, 2.05) is 50.5 Å². The van der Waals surface area contributed by atoms with Crippen molar-refractivity contribution in [1.82, 2.24) is 14.9 Å². The summed E-state index contributed by atoms with van der Waals surface area (Å²) >= 11 is 3.05. The van der Waals surface area contributed by atoms with Crippen molar-refractivity contribution in [2.45, 2.75) is 6.42 Å². The third-order valence-corrected chi connectivity index (χ3v) is 6.47. The van der Waals surface area contributed by atoms with Gasteiger partial charge in [0.25, 0.3) is 5.91 Å². The number of anilines is 1. The van der Waals surface area contributed by atoms with Crippen molar-refractivity contribution in [2.24, 2.45) is 0 Å². The summed E-state index contributed by atoms with van der Waals surface area (Å²) in [6.45, 7) is 1.49. The molecule has 0 saturated heterocycles. The van der Waals surface area contributed by atoms with Crippen molar-refractivity contribution in [3.63, 3.8) is 0 Å². The summed E-state index contributed by atoms with van der Waals surface area (Å²) in [5.41, 5.74) is 4.15. The minimum atomic E-state index is -0.0444. The van der Waals surface area contributed by atoms with Crippen LogP contribution in [-0.2, 0) is 0 Å². The van der Waals surface area contributed by atoms with E-state index in [9.17, 15) is 4.79 Å². The van der Waals surface area contributed by atoms with Gasteiger partial charge in [-0.1, -0.05) is 17.4 Å². The highest BCUT2D eigenvalue weighted by Gasteiger charge is 2.22. The molecule has 150 valence electrons. The number of benzene rings is 2. The Morgan fingerprint density at radius 1 is 1.14 bits per heavy atom. The largest absolute Gasteiger partial charge is 0.494 e. The lowest BCUT2D eigenvalue weighted by atomic mass is 10.2. The van der Waals surface area contributed by atoms with Crippen LogP contribution in [0.4, 0.5) is 5.13 Å². The zero-order valence-electron chi connectivity index (χ0n) is 16.6.